The van der Waals surface area contributed by atoms with Crippen molar-refractivity contribution >= 4 is 23.4 Å². The highest BCUT2D eigenvalue weighted by Gasteiger charge is 2.23. The van der Waals surface area contributed by atoms with Gasteiger partial charge < -0.3 is 30.2 Å². The van der Waals surface area contributed by atoms with Crippen molar-refractivity contribution in [2.75, 3.05) is 44.4 Å². The van der Waals surface area contributed by atoms with Gasteiger partial charge in [0.2, 0.25) is 5.88 Å². The van der Waals surface area contributed by atoms with Gasteiger partial charge in [0.25, 0.3) is 0 Å². The maximum Gasteiger partial charge on any atom is 0.410 e. The number of aryl methyl sites for hydroxylation is 2. The lowest BCUT2D eigenvalue weighted by atomic mass is 10.1. The van der Waals surface area contributed by atoms with Crippen LogP contribution in [0.3, 0.4) is 0 Å². The van der Waals surface area contributed by atoms with Gasteiger partial charge in [0.05, 0.1) is 48.0 Å². The Bertz CT molecular complexity index is 1270. The van der Waals surface area contributed by atoms with Crippen molar-refractivity contribution in [2.24, 2.45) is 7.05 Å². The smallest absolute Gasteiger partial charge is 0.410 e. The van der Waals surface area contributed by atoms with Gasteiger partial charge in [-0.3, -0.25) is 4.98 Å². The van der Waals surface area contributed by atoms with E-state index in [4.69, 9.17) is 19.9 Å². The molecule has 38 heavy (non-hydrogen) atoms. The number of carbonyl (C=O) groups excluding carboxylic acids is 2. The van der Waals surface area contributed by atoms with Gasteiger partial charge in [0.15, 0.2) is 0 Å². The van der Waals surface area contributed by atoms with E-state index < -0.39 is 17.7 Å². The van der Waals surface area contributed by atoms with Crippen LogP contribution in [0.2, 0.25) is 0 Å². The third-order valence-corrected chi connectivity index (χ3v) is 5.44. The maximum absolute atomic E-state index is 12.9. The summed E-state index contributed by atoms with van der Waals surface area (Å²) >= 11 is 0. The van der Waals surface area contributed by atoms with Gasteiger partial charge in [-0.15, -0.1) is 0 Å². The van der Waals surface area contributed by atoms with Gasteiger partial charge in [-0.1, -0.05) is 12.1 Å². The normalized spacial score (nSPS) is 11.1. The van der Waals surface area contributed by atoms with E-state index in [2.05, 4.69) is 15.4 Å². The lowest BCUT2D eigenvalue weighted by Crippen LogP contribution is -2.41. The quantitative estimate of drug-likeness (QED) is 0.299. The van der Waals surface area contributed by atoms with E-state index in [0.717, 1.165) is 5.69 Å². The highest BCUT2D eigenvalue weighted by molar-refractivity contribution is 5.90. The molecule has 2 aromatic heterocycles. The zero-order valence-electron chi connectivity index (χ0n) is 22.8. The molecular formula is C27H36N6O5. The molecule has 3 N–H and O–H groups in total. The number of nitrogens with two attached hydrogens (primary N) is 1. The Hall–Kier alpha value is -4.28. The van der Waals surface area contributed by atoms with Crippen molar-refractivity contribution in [3.63, 3.8) is 0 Å². The monoisotopic (exact) mass is 524 g/mol. The molecule has 0 aliphatic rings. The van der Waals surface area contributed by atoms with E-state index in [1.807, 2.05) is 45.0 Å². The molecule has 11 heteroatoms. The van der Waals surface area contributed by atoms with Crippen LogP contribution in [0.25, 0.3) is 11.3 Å². The van der Waals surface area contributed by atoms with Crippen molar-refractivity contribution in [1.29, 1.82) is 0 Å². The molecule has 3 aromatic rings. The molecule has 1 aromatic carbocycles. The molecule has 0 atom stereocenters. The first-order valence-corrected chi connectivity index (χ1v) is 12.3. The average molecular weight is 525 g/mol. The Labute approximate surface area is 222 Å². The van der Waals surface area contributed by atoms with Crippen LogP contribution >= 0.6 is 0 Å². The van der Waals surface area contributed by atoms with E-state index in [1.54, 1.807) is 41.9 Å². The van der Waals surface area contributed by atoms with Crippen LogP contribution in [0, 0.1) is 6.92 Å². The summed E-state index contributed by atoms with van der Waals surface area (Å²) in [6.45, 7) is 8.53. The number of esters is 1. The number of amides is 1. The van der Waals surface area contributed by atoms with E-state index >= 15 is 0 Å². The first-order chi connectivity index (χ1) is 18.0. The van der Waals surface area contributed by atoms with Gasteiger partial charge in [0, 0.05) is 25.8 Å². The Morgan fingerprint density at radius 1 is 1.16 bits per heavy atom. The van der Waals surface area contributed by atoms with Crippen LogP contribution in [0.1, 0.15) is 36.8 Å². The Morgan fingerprint density at radius 3 is 2.58 bits per heavy atom. The highest BCUT2D eigenvalue weighted by atomic mass is 16.6. The lowest BCUT2D eigenvalue weighted by Gasteiger charge is -2.27. The Kier molecular flexibility index (Phi) is 9.16. The van der Waals surface area contributed by atoms with Gasteiger partial charge in [-0.2, -0.15) is 5.10 Å². The molecule has 0 fully saturated rings. The van der Waals surface area contributed by atoms with Gasteiger partial charge in [-0.25, -0.2) is 14.3 Å². The van der Waals surface area contributed by atoms with Crippen molar-refractivity contribution in [3.8, 4) is 17.1 Å². The third kappa shape index (κ3) is 7.61. The molecule has 0 saturated carbocycles. The topological polar surface area (TPSA) is 134 Å². The van der Waals surface area contributed by atoms with Gasteiger partial charge >= 0.3 is 12.1 Å². The fraction of sp³-hybridized carbons (Fsp3) is 0.407. The molecule has 0 radical (unpaired) electrons. The first-order valence-electron chi connectivity index (χ1n) is 12.3. The molecule has 0 bridgehead atoms. The van der Waals surface area contributed by atoms with Crippen molar-refractivity contribution in [1.82, 2.24) is 19.7 Å². The number of carbonyl (C=O) groups is 2. The molecule has 3 rings (SSSR count). The number of pyridine rings is 1. The largest absolute Gasteiger partial charge is 0.475 e. The summed E-state index contributed by atoms with van der Waals surface area (Å²) in [4.78, 5) is 31.1. The van der Waals surface area contributed by atoms with Crippen LogP contribution in [-0.2, 0) is 16.5 Å². The van der Waals surface area contributed by atoms with Crippen LogP contribution in [0.5, 0.6) is 5.88 Å². The SMILES string of the molecule is COC(=O)c1cc(C)nc(-c2cnn(C)c2OCCN(CCNc2ccccc2N)C(=O)OC(C)(C)C)c1. The number of rotatable bonds is 10. The summed E-state index contributed by atoms with van der Waals surface area (Å²) in [5.41, 5.74) is 8.97. The second-order valence-electron chi connectivity index (χ2n) is 9.69. The predicted octanol–water partition coefficient (Wildman–Crippen LogP) is 3.89. The molecule has 2 heterocycles. The van der Waals surface area contributed by atoms with Crippen LogP contribution < -0.4 is 15.8 Å². The number of nitrogens with one attached hydrogen (secondary N) is 1. The molecule has 0 saturated heterocycles. The minimum Gasteiger partial charge on any atom is -0.475 e. The van der Waals surface area contributed by atoms with E-state index in [0.29, 0.717) is 47.2 Å². The molecule has 0 unspecified atom stereocenters. The average Bonchev–Trinajstić information content (AvgIpc) is 3.22. The van der Waals surface area contributed by atoms with Gasteiger partial charge in [0.1, 0.15) is 12.2 Å². The molecule has 1 amide bonds. The minimum atomic E-state index is -0.642. The predicted molar refractivity (Wildman–Crippen MR) is 145 cm³/mol. The van der Waals surface area contributed by atoms with E-state index in [9.17, 15) is 9.59 Å². The van der Waals surface area contributed by atoms with E-state index in [-0.39, 0.29) is 13.2 Å². The second-order valence-corrected chi connectivity index (χ2v) is 9.69. The van der Waals surface area contributed by atoms with Crippen molar-refractivity contribution in [2.45, 2.75) is 33.3 Å². The summed E-state index contributed by atoms with van der Waals surface area (Å²) in [6, 6.07) is 10.7. The number of ether oxygens (including phenoxy) is 3. The number of hydrogen-bond acceptors (Lipinski definition) is 9. The number of aromatic nitrogens is 3. The number of hydrogen-bond donors (Lipinski definition) is 2. The number of nitrogen functional groups attached to an aromatic ring is 1. The summed E-state index contributed by atoms with van der Waals surface area (Å²) < 4.78 is 18.1. The summed E-state index contributed by atoms with van der Waals surface area (Å²) in [7, 11) is 3.08. The lowest BCUT2D eigenvalue weighted by molar-refractivity contribution is 0.0232. The fourth-order valence-electron chi connectivity index (χ4n) is 3.67. The van der Waals surface area contributed by atoms with Crippen LogP contribution in [-0.4, -0.2) is 70.7 Å². The Morgan fingerprint density at radius 2 is 1.89 bits per heavy atom. The molecular weight excluding hydrogens is 488 g/mol. The first kappa shape index (κ1) is 28.3. The maximum atomic E-state index is 12.9. The molecule has 11 nitrogen and oxygen atoms in total. The number of benzene rings is 1. The fourth-order valence-corrected chi connectivity index (χ4v) is 3.67. The van der Waals surface area contributed by atoms with Crippen molar-refractivity contribution < 1.29 is 23.8 Å². The summed E-state index contributed by atoms with van der Waals surface area (Å²) in [5, 5.41) is 7.55. The van der Waals surface area contributed by atoms with Gasteiger partial charge in [-0.05, 0) is 52.0 Å². The van der Waals surface area contributed by atoms with Crippen LogP contribution in [0.4, 0.5) is 16.2 Å². The standard InChI is InChI=1S/C27H36N6O5/c1-18-15-19(25(34)36-6)16-23(31-18)20-17-30-32(5)24(20)37-14-13-33(26(35)38-27(2,3)4)12-11-29-22-10-8-7-9-21(22)28/h7-10,15-17,29H,11-14,28H2,1-6H3. The molecule has 0 aliphatic carbocycles. The number of para-hydroxylation sites is 2. The molecule has 204 valence electrons. The molecule has 0 aliphatic heterocycles. The minimum absolute atomic E-state index is 0.176. The number of methoxy groups -OCH3 is 1. The molecule has 0 spiro atoms. The second kappa shape index (κ2) is 12.3. The number of anilines is 2. The summed E-state index contributed by atoms with van der Waals surface area (Å²) in [5.74, 6) is 0.000202. The zero-order valence-corrected chi connectivity index (χ0v) is 22.8. The van der Waals surface area contributed by atoms with Crippen LogP contribution in [0.15, 0.2) is 42.6 Å². The highest BCUT2D eigenvalue weighted by Crippen LogP contribution is 2.29. The van der Waals surface area contributed by atoms with E-state index in [1.165, 1.54) is 7.11 Å². The number of nitrogens with zero attached hydrogens (tertiary/aromatic N) is 4. The zero-order chi connectivity index (χ0) is 27.9. The van der Waals surface area contributed by atoms with Crippen molar-refractivity contribution in [3.05, 3.63) is 53.9 Å². The Balaban J connectivity index is 1.72. The summed E-state index contributed by atoms with van der Waals surface area (Å²) in [6.07, 6.45) is 1.18. The third-order valence-electron chi connectivity index (χ3n) is 5.44.